The molecule has 1 aliphatic heterocycles. The molecule has 1 aromatic rings. The highest BCUT2D eigenvalue weighted by atomic mass is 16.2. The molecule has 19 heavy (non-hydrogen) atoms. The van der Waals surface area contributed by atoms with E-state index in [9.17, 15) is 4.79 Å². The zero-order valence-electron chi connectivity index (χ0n) is 12.4. The molecule has 0 unspecified atom stereocenters. The first-order valence-corrected chi connectivity index (χ1v) is 7.39. The van der Waals surface area contributed by atoms with Gasteiger partial charge in [-0.2, -0.15) is 0 Å². The van der Waals surface area contributed by atoms with Crippen LogP contribution >= 0.6 is 0 Å². The number of para-hydroxylation sites is 1. The summed E-state index contributed by atoms with van der Waals surface area (Å²) in [6, 6.07) is 10.4. The Balaban J connectivity index is 0.000000861. The predicted octanol–water partition coefficient (Wildman–Crippen LogP) is 3.16. The largest absolute Gasteiger partial charge is 0.368 e. The molecule has 1 aromatic carbocycles. The van der Waals surface area contributed by atoms with Gasteiger partial charge in [-0.15, -0.1) is 0 Å². The van der Waals surface area contributed by atoms with Crippen LogP contribution in [-0.4, -0.2) is 37.0 Å². The summed E-state index contributed by atoms with van der Waals surface area (Å²) in [5.74, 6) is 0.306. The highest BCUT2D eigenvalue weighted by Crippen LogP contribution is 2.15. The van der Waals surface area contributed by atoms with E-state index in [0.717, 1.165) is 32.6 Å². The molecule has 0 spiro atoms. The summed E-state index contributed by atoms with van der Waals surface area (Å²) in [7, 11) is 0. The Morgan fingerprint density at radius 3 is 2.16 bits per heavy atom. The summed E-state index contributed by atoms with van der Waals surface area (Å²) in [4.78, 5) is 16.1. The van der Waals surface area contributed by atoms with Gasteiger partial charge in [-0.25, -0.2) is 0 Å². The van der Waals surface area contributed by atoms with Gasteiger partial charge in [0, 0.05) is 38.3 Å². The topological polar surface area (TPSA) is 23.6 Å². The Kier molecular flexibility index (Phi) is 7.01. The number of carbonyl (C=O) groups excluding carboxylic acids is 1. The first-order valence-electron chi connectivity index (χ1n) is 7.39. The van der Waals surface area contributed by atoms with Crippen molar-refractivity contribution in [3.8, 4) is 0 Å². The summed E-state index contributed by atoms with van der Waals surface area (Å²) in [6.45, 7) is 9.65. The Hall–Kier alpha value is -1.51. The third-order valence-electron chi connectivity index (χ3n) is 3.22. The van der Waals surface area contributed by atoms with Crippen molar-refractivity contribution in [2.24, 2.45) is 0 Å². The van der Waals surface area contributed by atoms with Crippen molar-refractivity contribution in [1.29, 1.82) is 0 Å². The third kappa shape index (κ3) is 4.58. The second-order valence-electron chi connectivity index (χ2n) is 4.45. The normalized spacial score (nSPS) is 14.7. The molecule has 106 valence electrons. The van der Waals surface area contributed by atoms with Crippen LogP contribution in [0.1, 0.15) is 33.6 Å². The van der Waals surface area contributed by atoms with E-state index in [1.165, 1.54) is 5.69 Å². The fraction of sp³-hybridized carbons (Fsp3) is 0.562. The molecular weight excluding hydrogens is 236 g/mol. The van der Waals surface area contributed by atoms with Crippen LogP contribution in [0.4, 0.5) is 5.69 Å². The van der Waals surface area contributed by atoms with Crippen LogP contribution in [-0.2, 0) is 4.79 Å². The highest BCUT2D eigenvalue weighted by Gasteiger charge is 2.20. The average Bonchev–Trinajstić information content (AvgIpc) is 2.51. The van der Waals surface area contributed by atoms with Crippen molar-refractivity contribution in [1.82, 2.24) is 4.90 Å². The van der Waals surface area contributed by atoms with E-state index in [0.29, 0.717) is 12.3 Å². The van der Waals surface area contributed by atoms with Crippen LogP contribution in [0.15, 0.2) is 30.3 Å². The quantitative estimate of drug-likeness (QED) is 0.835. The van der Waals surface area contributed by atoms with E-state index in [-0.39, 0.29) is 0 Å². The smallest absolute Gasteiger partial charge is 0.222 e. The van der Waals surface area contributed by atoms with Crippen LogP contribution in [0.5, 0.6) is 0 Å². The van der Waals surface area contributed by atoms with E-state index in [2.05, 4.69) is 36.1 Å². The van der Waals surface area contributed by atoms with Gasteiger partial charge in [-0.3, -0.25) is 4.79 Å². The van der Waals surface area contributed by atoms with Crippen molar-refractivity contribution in [2.45, 2.75) is 33.6 Å². The summed E-state index contributed by atoms with van der Waals surface area (Å²) in [5.41, 5.74) is 1.26. The molecule has 0 aliphatic carbocycles. The SMILES string of the molecule is CC.CCCC(=O)N1CCN(c2ccccc2)CC1. The lowest BCUT2D eigenvalue weighted by Gasteiger charge is -2.36. The first-order chi connectivity index (χ1) is 9.31. The van der Waals surface area contributed by atoms with Crippen LogP contribution in [0.3, 0.4) is 0 Å². The molecule has 0 atom stereocenters. The number of carbonyl (C=O) groups is 1. The van der Waals surface area contributed by atoms with Gasteiger partial charge in [-0.1, -0.05) is 39.0 Å². The minimum absolute atomic E-state index is 0.306. The lowest BCUT2D eigenvalue weighted by Crippen LogP contribution is -2.48. The van der Waals surface area contributed by atoms with E-state index in [4.69, 9.17) is 0 Å². The highest BCUT2D eigenvalue weighted by molar-refractivity contribution is 5.76. The van der Waals surface area contributed by atoms with Crippen molar-refractivity contribution < 1.29 is 4.79 Å². The lowest BCUT2D eigenvalue weighted by atomic mass is 10.2. The standard InChI is InChI=1S/C14H20N2O.C2H6/c1-2-6-14(17)16-11-9-15(10-12-16)13-7-4-3-5-8-13;1-2/h3-5,7-8H,2,6,9-12H2,1H3;1-2H3. The molecule has 1 heterocycles. The number of benzene rings is 1. The minimum atomic E-state index is 0.306. The number of rotatable bonds is 3. The van der Waals surface area contributed by atoms with Crippen molar-refractivity contribution in [2.75, 3.05) is 31.1 Å². The monoisotopic (exact) mass is 262 g/mol. The van der Waals surface area contributed by atoms with Gasteiger partial charge in [0.05, 0.1) is 0 Å². The molecule has 0 radical (unpaired) electrons. The van der Waals surface area contributed by atoms with E-state index < -0.39 is 0 Å². The molecule has 0 saturated carbocycles. The zero-order chi connectivity index (χ0) is 14.1. The zero-order valence-corrected chi connectivity index (χ0v) is 12.4. The number of nitrogens with zero attached hydrogens (tertiary/aromatic N) is 2. The van der Waals surface area contributed by atoms with Gasteiger partial charge in [0.2, 0.25) is 5.91 Å². The Labute approximate surface area is 117 Å². The maximum absolute atomic E-state index is 11.7. The minimum Gasteiger partial charge on any atom is -0.368 e. The predicted molar refractivity (Wildman–Crippen MR) is 81.5 cm³/mol. The van der Waals surface area contributed by atoms with Crippen LogP contribution < -0.4 is 4.90 Å². The van der Waals surface area contributed by atoms with Crippen molar-refractivity contribution in [3.63, 3.8) is 0 Å². The van der Waals surface area contributed by atoms with Gasteiger partial charge in [0.15, 0.2) is 0 Å². The molecule has 3 nitrogen and oxygen atoms in total. The number of anilines is 1. The summed E-state index contributed by atoms with van der Waals surface area (Å²) in [5, 5.41) is 0. The van der Waals surface area contributed by atoms with Crippen molar-refractivity contribution >= 4 is 11.6 Å². The van der Waals surface area contributed by atoms with Crippen LogP contribution in [0, 0.1) is 0 Å². The second kappa shape index (κ2) is 8.57. The molecular formula is C16H26N2O. The van der Waals surface area contributed by atoms with Gasteiger partial charge < -0.3 is 9.80 Å². The van der Waals surface area contributed by atoms with E-state index in [1.54, 1.807) is 0 Å². The Bertz CT molecular complexity index is 356. The molecule has 0 aromatic heterocycles. The van der Waals surface area contributed by atoms with Gasteiger partial charge in [0.1, 0.15) is 0 Å². The number of piperazine rings is 1. The molecule has 2 rings (SSSR count). The Morgan fingerprint density at radius 2 is 1.63 bits per heavy atom. The molecule has 0 N–H and O–H groups in total. The lowest BCUT2D eigenvalue weighted by molar-refractivity contribution is -0.131. The number of amides is 1. The maximum atomic E-state index is 11.7. The van der Waals surface area contributed by atoms with Crippen molar-refractivity contribution in [3.05, 3.63) is 30.3 Å². The Morgan fingerprint density at radius 1 is 1.05 bits per heavy atom. The molecule has 1 fully saturated rings. The molecule has 0 bridgehead atoms. The van der Waals surface area contributed by atoms with Gasteiger partial charge in [-0.05, 0) is 18.6 Å². The summed E-state index contributed by atoms with van der Waals surface area (Å²) in [6.07, 6.45) is 1.63. The maximum Gasteiger partial charge on any atom is 0.222 e. The summed E-state index contributed by atoms with van der Waals surface area (Å²) >= 11 is 0. The van der Waals surface area contributed by atoms with Gasteiger partial charge in [0.25, 0.3) is 0 Å². The second-order valence-corrected chi connectivity index (χ2v) is 4.45. The summed E-state index contributed by atoms with van der Waals surface area (Å²) < 4.78 is 0. The fourth-order valence-electron chi connectivity index (χ4n) is 2.22. The number of hydrogen-bond donors (Lipinski definition) is 0. The average molecular weight is 262 g/mol. The van der Waals surface area contributed by atoms with Gasteiger partial charge >= 0.3 is 0 Å². The molecule has 1 aliphatic rings. The van der Waals surface area contributed by atoms with E-state index in [1.807, 2.05) is 24.8 Å². The fourth-order valence-corrected chi connectivity index (χ4v) is 2.22. The first kappa shape index (κ1) is 15.5. The number of hydrogen-bond acceptors (Lipinski definition) is 2. The van der Waals surface area contributed by atoms with Crippen LogP contribution in [0.2, 0.25) is 0 Å². The molecule has 3 heteroatoms. The van der Waals surface area contributed by atoms with E-state index >= 15 is 0 Å². The molecule has 1 saturated heterocycles. The third-order valence-corrected chi connectivity index (χ3v) is 3.22. The van der Waals surface area contributed by atoms with Crippen LogP contribution in [0.25, 0.3) is 0 Å². The molecule has 1 amide bonds.